The third-order valence-electron chi connectivity index (χ3n) is 2.11. The van der Waals surface area contributed by atoms with Crippen molar-refractivity contribution in [1.82, 2.24) is 10.1 Å². The van der Waals surface area contributed by atoms with E-state index in [-0.39, 0.29) is 5.89 Å². The number of hydrogen-bond acceptors (Lipinski definition) is 5. The fourth-order valence-electron chi connectivity index (χ4n) is 1.24. The third kappa shape index (κ3) is 2.34. The smallest absolute Gasteiger partial charge is 0.261 e. The van der Waals surface area contributed by atoms with E-state index in [1.54, 1.807) is 24.3 Å². The molecular weight excluding hydrogens is 240 g/mol. The van der Waals surface area contributed by atoms with Crippen molar-refractivity contribution < 1.29 is 4.52 Å². The molecule has 0 aliphatic carbocycles. The number of benzene rings is 1. The number of hydrogen-bond donors (Lipinski definition) is 2. The van der Waals surface area contributed by atoms with Crippen molar-refractivity contribution in [2.24, 2.45) is 5.73 Å². The van der Waals surface area contributed by atoms with Crippen molar-refractivity contribution >= 4 is 23.4 Å². The predicted octanol–water partition coefficient (Wildman–Crippen LogP) is 2.34. The highest BCUT2D eigenvalue weighted by Gasteiger charge is 2.10. The second-order valence-electron chi connectivity index (χ2n) is 3.20. The average Bonchev–Trinajstić information content (AvgIpc) is 2.81. The third-order valence-corrected chi connectivity index (χ3v) is 2.36. The lowest BCUT2D eigenvalue weighted by Crippen LogP contribution is -1.90. The highest BCUT2D eigenvalue weighted by molar-refractivity contribution is 6.30. The van der Waals surface area contributed by atoms with Crippen LogP contribution >= 0.6 is 11.6 Å². The molecule has 0 amide bonds. The maximum absolute atomic E-state index is 7.12. The van der Waals surface area contributed by atoms with Gasteiger partial charge in [-0.1, -0.05) is 16.8 Å². The summed E-state index contributed by atoms with van der Waals surface area (Å²) in [6, 6.07) is 7.05. The van der Waals surface area contributed by atoms with Crippen molar-refractivity contribution in [3.05, 3.63) is 41.4 Å². The van der Waals surface area contributed by atoms with Crippen LogP contribution in [0.15, 0.2) is 35.0 Å². The maximum atomic E-state index is 7.12. The Kier molecular flexibility index (Phi) is 3.20. The zero-order valence-electron chi connectivity index (χ0n) is 8.72. The van der Waals surface area contributed by atoms with Crippen LogP contribution in [0.25, 0.3) is 17.0 Å². The molecule has 0 saturated carbocycles. The zero-order chi connectivity index (χ0) is 12.3. The van der Waals surface area contributed by atoms with Gasteiger partial charge in [0.1, 0.15) is 0 Å². The first-order valence-corrected chi connectivity index (χ1v) is 5.15. The average molecular weight is 249 g/mol. The van der Waals surface area contributed by atoms with Gasteiger partial charge in [-0.2, -0.15) is 4.98 Å². The number of allylic oxidation sites excluding steroid dienone is 1. The van der Waals surface area contributed by atoms with Crippen LogP contribution in [0, 0.1) is 5.41 Å². The Balaban J connectivity index is 2.36. The molecule has 0 bridgehead atoms. The molecule has 5 nitrogen and oxygen atoms in total. The minimum Gasteiger partial charge on any atom is -0.404 e. The largest absolute Gasteiger partial charge is 0.404 e. The quantitative estimate of drug-likeness (QED) is 0.816. The van der Waals surface area contributed by atoms with Crippen LogP contribution in [0.4, 0.5) is 0 Å². The number of nitrogens with two attached hydrogens (primary N) is 1. The van der Waals surface area contributed by atoms with Crippen LogP contribution in [-0.4, -0.2) is 16.4 Å². The summed E-state index contributed by atoms with van der Waals surface area (Å²) in [4.78, 5) is 4.13. The second-order valence-corrected chi connectivity index (χ2v) is 3.63. The summed E-state index contributed by atoms with van der Waals surface area (Å²) in [5.74, 6) is 0.644. The van der Waals surface area contributed by atoms with E-state index in [0.717, 1.165) is 11.8 Å². The van der Waals surface area contributed by atoms with Crippen LogP contribution in [0.3, 0.4) is 0 Å². The molecule has 2 aromatic rings. The molecule has 86 valence electrons. The lowest BCUT2D eigenvalue weighted by Gasteiger charge is -1.93. The molecule has 6 heteroatoms. The Labute approximate surface area is 102 Å². The minimum atomic E-state index is 0.215. The minimum absolute atomic E-state index is 0.215. The molecule has 0 saturated heterocycles. The lowest BCUT2D eigenvalue weighted by molar-refractivity contribution is 0.409. The van der Waals surface area contributed by atoms with Crippen molar-refractivity contribution in [2.75, 3.05) is 0 Å². The number of nitrogens with zero attached hydrogens (tertiary/aromatic N) is 2. The standard InChI is InChI=1S/C11H9ClN4O/c12-9-3-1-7(2-4-9)10-15-11(17-16-10)8(5-13)6-14/h1-6,13H,14H2/b8-6+,13-5?. The number of rotatable bonds is 3. The SMILES string of the molecule is N=C/C(=C\N)c1nc(-c2ccc(Cl)cc2)no1. The lowest BCUT2D eigenvalue weighted by atomic mass is 10.2. The van der Waals surface area contributed by atoms with E-state index >= 15 is 0 Å². The van der Waals surface area contributed by atoms with E-state index in [1.165, 1.54) is 6.20 Å². The van der Waals surface area contributed by atoms with Gasteiger partial charge in [-0.05, 0) is 24.3 Å². The molecule has 1 aromatic heterocycles. The van der Waals surface area contributed by atoms with Gasteiger partial charge in [0.05, 0.1) is 5.57 Å². The fraction of sp³-hybridized carbons (Fsp3) is 0. The van der Waals surface area contributed by atoms with Gasteiger partial charge >= 0.3 is 0 Å². The normalized spacial score (nSPS) is 11.5. The highest BCUT2D eigenvalue weighted by atomic mass is 35.5. The van der Waals surface area contributed by atoms with Gasteiger partial charge in [-0.3, -0.25) is 0 Å². The fourth-order valence-corrected chi connectivity index (χ4v) is 1.36. The van der Waals surface area contributed by atoms with Gasteiger partial charge in [0.15, 0.2) is 0 Å². The molecule has 0 fully saturated rings. The molecule has 2 rings (SSSR count). The maximum Gasteiger partial charge on any atom is 0.261 e. The molecule has 1 heterocycles. The summed E-state index contributed by atoms with van der Waals surface area (Å²) < 4.78 is 5.00. The van der Waals surface area contributed by atoms with Gasteiger partial charge in [0.2, 0.25) is 5.82 Å². The van der Waals surface area contributed by atoms with E-state index in [2.05, 4.69) is 10.1 Å². The zero-order valence-corrected chi connectivity index (χ0v) is 9.48. The van der Waals surface area contributed by atoms with Gasteiger partial charge in [0.25, 0.3) is 5.89 Å². The first kappa shape index (κ1) is 11.3. The first-order valence-electron chi connectivity index (χ1n) is 4.77. The summed E-state index contributed by atoms with van der Waals surface area (Å²) in [5, 5.41) is 11.6. The summed E-state index contributed by atoms with van der Waals surface area (Å²) in [6.07, 6.45) is 2.30. The Hall–Kier alpha value is -2.14. The topological polar surface area (TPSA) is 88.8 Å². The Morgan fingerprint density at radius 2 is 2.06 bits per heavy atom. The Bertz CT molecular complexity index is 559. The molecule has 3 N–H and O–H groups in total. The van der Waals surface area contributed by atoms with Crippen molar-refractivity contribution in [1.29, 1.82) is 5.41 Å². The second kappa shape index (κ2) is 4.80. The highest BCUT2D eigenvalue weighted by Crippen LogP contribution is 2.20. The molecule has 17 heavy (non-hydrogen) atoms. The van der Waals surface area contributed by atoms with E-state index in [0.29, 0.717) is 16.4 Å². The Morgan fingerprint density at radius 1 is 1.35 bits per heavy atom. The number of aromatic nitrogens is 2. The Morgan fingerprint density at radius 3 is 2.65 bits per heavy atom. The van der Waals surface area contributed by atoms with E-state index in [4.69, 9.17) is 27.3 Å². The first-order chi connectivity index (χ1) is 8.24. The van der Waals surface area contributed by atoms with Gasteiger partial charge in [0, 0.05) is 23.0 Å². The summed E-state index contributed by atoms with van der Waals surface area (Å²) in [7, 11) is 0. The number of halogens is 1. The summed E-state index contributed by atoms with van der Waals surface area (Å²) in [5.41, 5.74) is 6.48. The van der Waals surface area contributed by atoms with Gasteiger partial charge < -0.3 is 15.7 Å². The molecule has 0 radical (unpaired) electrons. The van der Waals surface area contributed by atoms with Crippen LogP contribution in [0.2, 0.25) is 5.02 Å². The van der Waals surface area contributed by atoms with Crippen LogP contribution in [-0.2, 0) is 0 Å². The number of nitrogens with one attached hydrogen (secondary N) is 1. The summed E-state index contributed by atoms with van der Waals surface area (Å²) >= 11 is 5.78. The van der Waals surface area contributed by atoms with E-state index in [1.807, 2.05) is 0 Å². The molecule has 0 aliphatic heterocycles. The summed E-state index contributed by atoms with van der Waals surface area (Å²) in [6.45, 7) is 0. The van der Waals surface area contributed by atoms with E-state index in [9.17, 15) is 0 Å². The molecule has 0 atom stereocenters. The molecule has 1 aromatic carbocycles. The van der Waals surface area contributed by atoms with Crippen LogP contribution < -0.4 is 5.73 Å². The van der Waals surface area contributed by atoms with Gasteiger partial charge in [-0.25, -0.2) is 0 Å². The molecule has 0 unspecified atom stereocenters. The van der Waals surface area contributed by atoms with Crippen molar-refractivity contribution in [2.45, 2.75) is 0 Å². The predicted molar refractivity (Wildman–Crippen MR) is 65.7 cm³/mol. The van der Waals surface area contributed by atoms with Crippen molar-refractivity contribution in [3.63, 3.8) is 0 Å². The van der Waals surface area contributed by atoms with Crippen LogP contribution in [0.1, 0.15) is 5.89 Å². The van der Waals surface area contributed by atoms with Crippen LogP contribution in [0.5, 0.6) is 0 Å². The molecule has 0 aliphatic rings. The van der Waals surface area contributed by atoms with Crippen molar-refractivity contribution in [3.8, 4) is 11.4 Å². The molecule has 0 spiro atoms. The molecular formula is C11H9ClN4O. The van der Waals surface area contributed by atoms with E-state index < -0.39 is 0 Å². The van der Waals surface area contributed by atoms with Gasteiger partial charge in [-0.15, -0.1) is 0 Å². The monoisotopic (exact) mass is 248 g/mol.